The van der Waals surface area contributed by atoms with Crippen LogP contribution < -0.4 is 14.8 Å². The number of benzene rings is 1. The lowest BCUT2D eigenvalue weighted by atomic mass is 10.2. The Labute approximate surface area is 119 Å². The Balaban J connectivity index is 2.72. The lowest BCUT2D eigenvalue weighted by molar-refractivity contribution is -0.127. The van der Waals surface area contributed by atoms with Crippen LogP contribution in [-0.4, -0.2) is 32.0 Å². The van der Waals surface area contributed by atoms with Crippen LogP contribution in [0.3, 0.4) is 0 Å². The van der Waals surface area contributed by atoms with E-state index in [1.807, 2.05) is 13.8 Å². The molecule has 5 heteroatoms. The van der Waals surface area contributed by atoms with Crippen molar-refractivity contribution in [3.05, 3.63) is 23.8 Å². The molecule has 20 heavy (non-hydrogen) atoms. The fourth-order valence-electron chi connectivity index (χ4n) is 1.55. The smallest absolute Gasteiger partial charge is 0.260 e. The van der Waals surface area contributed by atoms with Gasteiger partial charge in [-0.2, -0.15) is 0 Å². The quantitative estimate of drug-likeness (QED) is 0.776. The van der Waals surface area contributed by atoms with E-state index in [0.29, 0.717) is 35.8 Å². The van der Waals surface area contributed by atoms with Gasteiger partial charge in [0.1, 0.15) is 11.5 Å². The number of hydrogen-bond donors (Lipinski definition) is 1. The van der Waals surface area contributed by atoms with E-state index in [4.69, 9.17) is 9.47 Å². The Morgan fingerprint density at radius 1 is 1.35 bits per heavy atom. The molecule has 5 nitrogen and oxygen atoms in total. The lowest BCUT2D eigenvalue weighted by Crippen LogP contribution is -2.38. The Morgan fingerprint density at radius 3 is 2.60 bits per heavy atom. The summed E-state index contributed by atoms with van der Waals surface area (Å²) < 4.78 is 10.6. The van der Waals surface area contributed by atoms with Crippen LogP contribution in [-0.2, 0) is 4.79 Å². The fraction of sp³-hybridized carbons (Fsp3) is 0.467. The van der Waals surface area contributed by atoms with E-state index in [2.05, 4.69) is 5.32 Å². The number of methoxy groups -OCH3 is 1. The monoisotopic (exact) mass is 279 g/mol. The molecule has 0 bridgehead atoms. The first-order valence-electron chi connectivity index (χ1n) is 6.55. The van der Waals surface area contributed by atoms with Crippen LogP contribution in [0.5, 0.6) is 11.5 Å². The van der Waals surface area contributed by atoms with Crippen molar-refractivity contribution in [2.45, 2.75) is 26.9 Å². The molecule has 0 heterocycles. The summed E-state index contributed by atoms with van der Waals surface area (Å²) >= 11 is 0. The second-order valence-electron chi connectivity index (χ2n) is 4.92. The zero-order valence-electron chi connectivity index (χ0n) is 12.3. The number of hydrogen-bond acceptors (Lipinski definition) is 4. The van der Waals surface area contributed by atoms with Crippen LogP contribution in [0.4, 0.5) is 0 Å². The van der Waals surface area contributed by atoms with Gasteiger partial charge in [-0.25, -0.2) is 0 Å². The molecule has 1 N–H and O–H groups in total. The highest BCUT2D eigenvalue weighted by Crippen LogP contribution is 2.23. The summed E-state index contributed by atoms with van der Waals surface area (Å²) in [6, 6.07) is 4.87. The van der Waals surface area contributed by atoms with Crippen molar-refractivity contribution < 1.29 is 19.1 Å². The SMILES string of the molecule is COc1ccc(OC(C)C(=O)NCC(C)C)c(C=O)c1. The van der Waals surface area contributed by atoms with Crippen molar-refractivity contribution in [3.63, 3.8) is 0 Å². The molecule has 0 aliphatic carbocycles. The van der Waals surface area contributed by atoms with E-state index in [0.717, 1.165) is 0 Å². The van der Waals surface area contributed by atoms with Gasteiger partial charge in [0, 0.05) is 6.54 Å². The average Bonchev–Trinajstić information content (AvgIpc) is 2.44. The molecule has 0 aliphatic heterocycles. The van der Waals surface area contributed by atoms with Crippen LogP contribution in [0.1, 0.15) is 31.1 Å². The first-order chi connectivity index (χ1) is 9.47. The van der Waals surface area contributed by atoms with E-state index in [1.54, 1.807) is 25.1 Å². The van der Waals surface area contributed by atoms with Gasteiger partial charge < -0.3 is 14.8 Å². The van der Waals surface area contributed by atoms with Crippen molar-refractivity contribution in [2.24, 2.45) is 5.92 Å². The molecule has 1 aromatic rings. The molecule has 1 aromatic carbocycles. The van der Waals surface area contributed by atoms with Gasteiger partial charge in [0.2, 0.25) is 0 Å². The van der Waals surface area contributed by atoms with E-state index >= 15 is 0 Å². The maximum atomic E-state index is 11.8. The number of carbonyl (C=O) groups is 2. The molecule has 1 rings (SSSR count). The third kappa shape index (κ3) is 4.57. The topological polar surface area (TPSA) is 64.6 Å². The molecule has 0 aliphatic rings. The molecule has 0 spiro atoms. The van der Waals surface area contributed by atoms with Gasteiger partial charge in [0.25, 0.3) is 5.91 Å². The molecule has 0 saturated heterocycles. The van der Waals surface area contributed by atoms with E-state index < -0.39 is 6.10 Å². The van der Waals surface area contributed by atoms with Crippen molar-refractivity contribution in [1.29, 1.82) is 0 Å². The number of amides is 1. The zero-order chi connectivity index (χ0) is 15.1. The number of carbonyl (C=O) groups excluding carboxylic acids is 2. The number of rotatable bonds is 7. The normalized spacial score (nSPS) is 11.8. The van der Waals surface area contributed by atoms with Crippen LogP contribution in [0.2, 0.25) is 0 Å². The van der Waals surface area contributed by atoms with E-state index in [9.17, 15) is 9.59 Å². The molecule has 1 amide bonds. The standard InChI is InChI=1S/C15H21NO4/c1-10(2)8-16-15(18)11(3)20-14-6-5-13(19-4)7-12(14)9-17/h5-7,9-11H,8H2,1-4H3,(H,16,18). The highest BCUT2D eigenvalue weighted by atomic mass is 16.5. The number of aldehydes is 1. The second-order valence-corrected chi connectivity index (χ2v) is 4.92. The summed E-state index contributed by atoms with van der Waals surface area (Å²) in [5.74, 6) is 1.10. The predicted molar refractivity (Wildman–Crippen MR) is 76.3 cm³/mol. The molecule has 0 fully saturated rings. The van der Waals surface area contributed by atoms with Gasteiger partial charge >= 0.3 is 0 Å². The Kier molecular flexibility index (Phi) is 6.03. The van der Waals surface area contributed by atoms with Crippen LogP contribution >= 0.6 is 0 Å². The fourth-order valence-corrected chi connectivity index (χ4v) is 1.55. The zero-order valence-corrected chi connectivity index (χ0v) is 12.3. The summed E-state index contributed by atoms with van der Waals surface area (Å²) in [6.45, 7) is 6.27. The van der Waals surface area contributed by atoms with E-state index in [-0.39, 0.29) is 5.91 Å². The number of nitrogens with one attached hydrogen (secondary N) is 1. The molecule has 0 radical (unpaired) electrons. The van der Waals surface area contributed by atoms with Gasteiger partial charge in [-0.15, -0.1) is 0 Å². The molecule has 1 atom stereocenters. The Morgan fingerprint density at radius 2 is 2.05 bits per heavy atom. The highest BCUT2D eigenvalue weighted by Gasteiger charge is 2.16. The van der Waals surface area contributed by atoms with Crippen LogP contribution in [0.15, 0.2) is 18.2 Å². The summed E-state index contributed by atoms with van der Waals surface area (Å²) in [5, 5.41) is 2.79. The molecule has 0 saturated carbocycles. The second kappa shape index (κ2) is 7.53. The average molecular weight is 279 g/mol. The van der Waals surface area contributed by atoms with Gasteiger partial charge in [-0.1, -0.05) is 13.8 Å². The van der Waals surface area contributed by atoms with Crippen molar-refractivity contribution >= 4 is 12.2 Å². The third-order valence-electron chi connectivity index (χ3n) is 2.70. The maximum Gasteiger partial charge on any atom is 0.260 e. The Bertz CT molecular complexity index is 471. The minimum atomic E-state index is -0.666. The molecule has 1 unspecified atom stereocenters. The van der Waals surface area contributed by atoms with Crippen molar-refractivity contribution in [2.75, 3.05) is 13.7 Å². The summed E-state index contributed by atoms with van der Waals surface area (Å²) in [4.78, 5) is 22.9. The predicted octanol–water partition coefficient (Wildman–Crippen LogP) is 2.05. The van der Waals surface area contributed by atoms with Gasteiger partial charge in [0.15, 0.2) is 12.4 Å². The minimum Gasteiger partial charge on any atom is -0.497 e. The first-order valence-corrected chi connectivity index (χ1v) is 6.55. The summed E-state index contributed by atoms with van der Waals surface area (Å²) in [5.41, 5.74) is 0.354. The highest BCUT2D eigenvalue weighted by molar-refractivity contribution is 5.83. The molecular formula is C15H21NO4. The van der Waals surface area contributed by atoms with Crippen molar-refractivity contribution in [1.82, 2.24) is 5.32 Å². The van der Waals surface area contributed by atoms with Crippen molar-refractivity contribution in [3.8, 4) is 11.5 Å². The van der Waals surface area contributed by atoms with Gasteiger partial charge in [-0.3, -0.25) is 9.59 Å². The van der Waals surface area contributed by atoms with Gasteiger partial charge in [-0.05, 0) is 31.0 Å². The van der Waals surface area contributed by atoms with Gasteiger partial charge in [0.05, 0.1) is 12.7 Å². The molecule has 0 aromatic heterocycles. The summed E-state index contributed by atoms with van der Waals surface area (Å²) in [6.07, 6.45) is 0.0113. The van der Waals surface area contributed by atoms with E-state index in [1.165, 1.54) is 7.11 Å². The molecular weight excluding hydrogens is 258 g/mol. The Hall–Kier alpha value is -2.04. The number of ether oxygens (including phenoxy) is 2. The first kappa shape index (κ1) is 16.0. The summed E-state index contributed by atoms with van der Waals surface area (Å²) in [7, 11) is 1.52. The maximum absolute atomic E-state index is 11.8. The lowest BCUT2D eigenvalue weighted by Gasteiger charge is -2.17. The third-order valence-corrected chi connectivity index (χ3v) is 2.70. The largest absolute Gasteiger partial charge is 0.497 e. The van der Waals surface area contributed by atoms with Crippen LogP contribution in [0, 0.1) is 5.92 Å². The van der Waals surface area contributed by atoms with Crippen LogP contribution in [0.25, 0.3) is 0 Å². The molecule has 110 valence electrons. The minimum absolute atomic E-state index is 0.202.